The fourth-order valence-electron chi connectivity index (χ4n) is 7.96. The first kappa shape index (κ1) is 22.6. The second-order valence-electron chi connectivity index (χ2n) is 10.5. The van der Waals surface area contributed by atoms with Crippen LogP contribution < -0.4 is 9.80 Å². The average molecular weight is 720 g/mol. The van der Waals surface area contributed by atoms with Crippen molar-refractivity contribution in [3.63, 3.8) is 0 Å². The minimum absolute atomic E-state index is 0.134. The van der Waals surface area contributed by atoms with Crippen LogP contribution in [0.15, 0.2) is 24.3 Å². The first-order chi connectivity index (χ1) is 16.2. The molecule has 0 N–H and O–H groups in total. The maximum atomic E-state index is 13.3. The Bertz CT molecular complexity index is 1010. The van der Waals surface area contributed by atoms with Crippen molar-refractivity contribution in [2.45, 2.75) is 32.2 Å². The normalized spacial score (nSPS) is 48.5. The highest BCUT2D eigenvalue weighted by molar-refractivity contribution is 9.12. The molecule has 6 fully saturated rings. The number of amides is 4. The molecule has 2 saturated heterocycles. The van der Waals surface area contributed by atoms with Crippen molar-refractivity contribution in [3.05, 3.63) is 24.3 Å². The highest BCUT2D eigenvalue weighted by atomic mass is 79.9. The van der Waals surface area contributed by atoms with Crippen LogP contribution >= 0.6 is 63.7 Å². The lowest BCUT2D eigenvalue weighted by atomic mass is 9.81. The van der Waals surface area contributed by atoms with Crippen molar-refractivity contribution in [1.29, 1.82) is 0 Å². The molecule has 10 heteroatoms. The van der Waals surface area contributed by atoms with Gasteiger partial charge in [0.25, 0.3) is 0 Å². The van der Waals surface area contributed by atoms with E-state index in [2.05, 4.69) is 63.7 Å². The van der Waals surface area contributed by atoms with Crippen LogP contribution in [0.3, 0.4) is 0 Å². The molecule has 1 aromatic rings. The van der Waals surface area contributed by atoms with E-state index in [0.717, 1.165) is 12.8 Å². The fourth-order valence-corrected chi connectivity index (χ4v) is 11.7. The predicted octanol–water partition coefficient (Wildman–Crippen LogP) is 4.25. The van der Waals surface area contributed by atoms with Gasteiger partial charge in [0, 0.05) is 19.3 Å². The van der Waals surface area contributed by atoms with E-state index >= 15 is 0 Å². The van der Waals surface area contributed by atoms with Gasteiger partial charge in [-0.15, -0.1) is 0 Å². The number of hydrogen-bond acceptors (Lipinski definition) is 4. The molecule has 0 aromatic heterocycles. The van der Waals surface area contributed by atoms with E-state index in [4.69, 9.17) is 0 Å². The first-order valence-corrected chi connectivity index (χ1v) is 15.3. The van der Waals surface area contributed by atoms with Crippen molar-refractivity contribution in [3.8, 4) is 0 Å². The van der Waals surface area contributed by atoms with Crippen LogP contribution in [0.2, 0.25) is 0 Å². The van der Waals surface area contributed by atoms with E-state index in [1.807, 2.05) is 0 Å². The van der Waals surface area contributed by atoms with Crippen LogP contribution in [0, 0.1) is 47.3 Å². The zero-order chi connectivity index (χ0) is 23.8. The van der Waals surface area contributed by atoms with E-state index in [1.54, 1.807) is 24.3 Å². The van der Waals surface area contributed by atoms with Gasteiger partial charge in [0.15, 0.2) is 0 Å². The van der Waals surface area contributed by atoms with Crippen LogP contribution in [0.1, 0.15) is 12.8 Å². The Morgan fingerprint density at radius 3 is 0.971 bits per heavy atom. The van der Waals surface area contributed by atoms with E-state index in [0.29, 0.717) is 11.4 Å². The lowest BCUT2D eigenvalue weighted by Crippen LogP contribution is -2.37. The maximum Gasteiger partial charge on any atom is 0.238 e. The lowest BCUT2D eigenvalue weighted by Gasteiger charge is -2.28. The van der Waals surface area contributed by atoms with Gasteiger partial charge in [0.2, 0.25) is 23.6 Å². The summed E-state index contributed by atoms with van der Waals surface area (Å²) in [4.78, 5) is 56.6. The Labute approximate surface area is 230 Å². The maximum absolute atomic E-state index is 13.3. The molecule has 6 aliphatic rings. The van der Waals surface area contributed by atoms with Gasteiger partial charge in [-0.2, -0.15) is 0 Å². The zero-order valence-electron chi connectivity index (χ0n) is 17.7. The van der Waals surface area contributed by atoms with Gasteiger partial charge in [-0.25, -0.2) is 0 Å². The number of fused-ring (bicyclic) bond motifs is 10. The molecule has 6 nitrogen and oxygen atoms in total. The number of imide groups is 2. The molecular formula is C24H20Br4N2O4. The topological polar surface area (TPSA) is 74.8 Å². The van der Waals surface area contributed by atoms with Crippen molar-refractivity contribution >= 4 is 98.7 Å². The van der Waals surface area contributed by atoms with E-state index < -0.39 is 0 Å². The average Bonchev–Trinajstić information content (AvgIpc) is 3.61. The quantitative estimate of drug-likeness (QED) is 0.339. The van der Waals surface area contributed by atoms with E-state index in [-0.39, 0.29) is 90.3 Å². The summed E-state index contributed by atoms with van der Waals surface area (Å²) in [6.07, 6.45) is 1.78. The van der Waals surface area contributed by atoms with Crippen molar-refractivity contribution in [2.75, 3.05) is 9.80 Å². The largest absolute Gasteiger partial charge is 0.274 e. The smallest absolute Gasteiger partial charge is 0.238 e. The molecule has 7 rings (SSSR count). The Kier molecular flexibility index (Phi) is 4.97. The van der Waals surface area contributed by atoms with E-state index in [9.17, 15) is 19.2 Å². The van der Waals surface area contributed by atoms with Gasteiger partial charge in [-0.1, -0.05) is 63.7 Å². The number of halogens is 4. The van der Waals surface area contributed by atoms with Crippen molar-refractivity contribution in [1.82, 2.24) is 0 Å². The SMILES string of the molecule is O=C1C2C3CC(C(Br)C3Br)C2C(=O)N1c1ccc(N2C(=O)C3C4CC(C(Br)C4Br)C3C2=O)cc1. The van der Waals surface area contributed by atoms with Crippen molar-refractivity contribution < 1.29 is 19.2 Å². The summed E-state index contributed by atoms with van der Waals surface area (Å²) in [5, 5.41) is 0. The number of carbonyl (C=O) groups is 4. The number of hydrogen-bond donors (Lipinski definition) is 0. The van der Waals surface area contributed by atoms with Gasteiger partial charge >= 0.3 is 0 Å². The standard InChI is InChI=1S/C24H20Br4N2O4/c25-17-9-5-10(18(17)26)14-13(9)21(31)29(22(14)32)7-1-2-8(4-3-7)30-23(33)15-11-6-12(16(15)24(30)34)20(28)19(11)27/h1-4,9-20H,5-6H2. The van der Waals surface area contributed by atoms with Gasteiger partial charge in [0.05, 0.1) is 35.0 Å². The number of alkyl halides is 4. The number of anilines is 2. The summed E-state index contributed by atoms with van der Waals surface area (Å²) in [7, 11) is 0. The number of rotatable bonds is 2. The molecule has 34 heavy (non-hydrogen) atoms. The highest BCUT2D eigenvalue weighted by Gasteiger charge is 2.68. The van der Waals surface area contributed by atoms with Crippen LogP contribution in [0.25, 0.3) is 0 Å². The summed E-state index contributed by atoms with van der Waals surface area (Å²) < 4.78 is 0. The monoisotopic (exact) mass is 716 g/mol. The summed E-state index contributed by atoms with van der Waals surface area (Å²) in [6.45, 7) is 0. The highest BCUT2D eigenvalue weighted by Crippen LogP contribution is 2.62. The number of nitrogens with zero attached hydrogens (tertiary/aromatic N) is 2. The Balaban J connectivity index is 1.16. The van der Waals surface area contributed by atoms with Crippen molar-refractivity contribution in [2.24, 2.45) is 47.3 Å². The summed E-state index contributed by atoms with van der Waals surface area (Å²) in [6, 6.07) is 6.76. The van der Waals surface area contributed by atoms with Gasteiger partial charge in [-0.3, -0.25) is 29.0 Å². The first-order valence-electron chi connectivity index (χ1n) is 11.6. The summed E-state index contributed by atoms with van der Waals surface area (Å²) in [5.74, 6) is -1.01. The Morgan fingerprint density at radius 1 is 0.500 bits per heavy atom. The third-order valence-corrected chi connectivity index (χ3v) is 15.8. The Morgan fingerprint density at radius 2 is 0.735 bits per heavy atom. The molecule has 4 bridgehead atoms. The van der Waals surface area contributed by atoms with Gasteiger partial charge in [0.1, 0.15) is 0 Å². The summed E-state index contributed by atoms with van der Waals surface area (Å²) in [5.41, 5.74) is 1.01. The molecular weight excluding hydrogens is 700 g/mol. The number of carbonyl (C=O) groups excluding carboxylic acids is 4. The van der Waals surface area contributed by atoms with Gasteiger partial charge in [-0.05, 0) is 60.8 Å². The molecule has 12 unspecified atom stereocenters. The molecule has 4 saturated carbocycles. The Hall–Kier alpha value is -0.580. The molecule has 0 spiro atoms. The van der Waals surface area contributed by atoms with Crippen LogP contribution in [-0.2, 0) is 19.2 Å². The zero-order valence-corrected chi connectivity index (χ0v) is 24.0. The molecule has 178 valence electrons. The summed E-state index contributed by atoms with van der Waals surface area (Å²) >= 11 is 14.9. The minimum Gasteiger partial charge on any atom is -0.274 e. The molecule has 12 atom stereocenters. The van der Waals surface area contributed by atoms with Crippen LogP contribution in [0.4, 0.5) is 11.4 Å². The lowest BCUT2D eigenvalue weighted by molar-refractivity contribution is -0.124. The minimum atomic E-state index is -0.277. The third kappa shape index (κ3) is 2.62. The van der Waals surface area contributed by atoms with Crippen LogP contribution in [-0.4, -0.2) is 42.9 Å². The van der Waals surface area contributed by atoms with E-state index in [1.165, 1.54) is 9.80 Å². The molecule has 2 aliphatic heterocycles. The predicted molar refractivity (Wildman–Crippen MR) is 139 cm³/mol. The molecule has 4 aliphatic carbocycles. The molecule has 2 heterocycles. The molecule has 0 radical (unpaired) electrons. The molecule has 4 amide bonds. The van der Waals surface area contributed by atoms with Crippen LogP contribution in [0.5, 0.6) is 0 Å². The van der Waals surface area contributed by atoms with Gasteiger partial charge < -0.3 is 0 Å². The molecule has 1 aromatic carbocycles. The second-order valence-corrected chi connectivity index (χ2v) is 14.8. The fraction of sp³-hybridized carbons (Fsp3) is 0.583. The second kappa shape index (κ2) is 7.48. The number of benzene rings is 1. The third-order valence-electron chi connectivity index (χ3n) is 9.34.